The van der Waals surface area contributed by atoms with E-state index in [2.05, 4.69) is 24.4 Å². The summed E-state index contributed by atoms with van der Waals surface area (Å²) >= 11 is 0. The molecule has 1 unspecified atom stereocenters. The second-order valence-corrected chi connectivity index (χ2v) is 8.45. The Bertz CT molecular complexity index is 712. The van der Waals surface area contributed by atoms with Crippen LogP contribution in [0, 0.1) is 0 Å². The van der Waals surface area contributed by atoms with E-state index < -0.39 is 0 Å². The zero-order chi connectivity index (χ0) is 24.3. The van der Waals surface area contributed by atoms with Crippen LogP contribution < -0.4 is 5.32 Å². The first-order chi connectivity index (χ1) is 16.0. The predicted octanol–water partition coefficient (Wildman–Crippen LogP) is 4.51. The Labute approximate surface area is 198 Å². The average molecular weight is 465 g/mol. The standard InChI is InChI=1S/C26H44N2O5/c1-2-3-11-14-22(23-21-25(32)28(18-20-30)26(23)33)15-12-9-7-5-4-6-8-10-13-16-24(31)27-17-19-29/h7,9,12,15,21-22,29-30,32-33H,2-6,8,10-11,13-14,16-20H2,1H3,(H,27,31). The van der Waals surface area contributed by atoms with Gasteiger partial charge in [0.25, 0.3) is 0 Å². The summed E-state index contributed by atoms with van der Waals surface area (Å²) in [5.74, 6) is 0.0382. The van der Waals surface area contributed by atoms with Crippen LogP contribution in [0.3, 0.4) is 0 Å². The van der Waals surface area contributed by atoms with E-state index in [1.807, 2.05) is 12.2 Å². The van der Waals surface area contributed by atoms with Crippen LogP contribution in [0.15, 0.2) is 30.4 Å². The number of carbonyl (C=O) groups excluding carboxylic acids is 1. The molecular formula is C26H44N2O5. The summed E-state index contributed by atoms with van der Waals surface area (Å²) in [6.45, 7) is 2.50. The highest BCUT2D eigenvalue weighted by atomic mass is 16.3. The van der Waals surface area contributed by atoms with Gasteiger partial charge < -0.3 is 25.7 Å². The number of allylic oxidation sites excluding steroid dienone is 4. The van der Waals surface area contributed by atoms with Gasteiger partial charge in [-0.05, 0) is 25.7 Å². The molecule has 1 rings (SSSR count). The van der Waals surface area contributed by atoms with Crippen LogP contribution in [-0.2, 0) is 11.3 Å². The van der Waals surface area contributed by atoms with Crippen LogP contribution in [0.1, 0.15) is 89.0 Å². The summed E-state index contributed by atoms with van der Waals surface area (Å²) < 4.78 is 1.34. The molecule has 1 aromatic rings. The predicted molar refractivity (Wildman–Crippen MR) is 132 cm³/mol. The molecule has 1 amide bonds. The molecule has 1 heterocycles. The molecule has 0 aliphatic carbocycles. The minimum Gasteiger partial charge on any atom is -0.494 e. The Hall–Kier alpha value is -2.25. The number of amides is 1. The second-order valence-electron chi connectivity index (χ2n) is 8.45. The van der Waals surface area contributed by atoms with Crippen molar-refractivity contribution in [3.8, 4) is 11.8 Å². The van der Waals surface area contributed by atoms with Crippen molar-refractivity contribution in [1.29, 1.82) is 0 Å². The maximum Gasteiger partial charge on any atom is 0.220 e. The molecule has 7 heteroatoms. The lowest BCUT2D eigenvalue weighted by atomic mass is 9.94. The summed E-state index contributed by atoms with van der Waals surface area (Å²) in [4.78, 5) is 11.4. The molecule has 0 aromatic carbocycles. The van der Waals surface area contributed by atoms with Crippen molar-refractivity contribution in [3.05, 3.63) is 35.9 Å². The molecule has 0 saturated carbocycles. The zero-order valence-electron chi connectivity index (χ0n) is 20.2. The van der Waals surface area contributed by atoms with Crippen molar-refractivity contribution in [2.45, 2.75) is 90.0 Å². The lowest BCUT2D eigenvalue weighted by molar-refractivity contribution is -0.121. The molecule has 0 bridgehead atoms. The fourth-order valence-electron chi connectivity index (χ4n) is 3.84. The molecule has 7 nitrogen and oxygen atoms in total. The first-order valence-corrected chi connectivity index (χ1v) is 12.5. The number of nitrogens with zero attached hydrogens (tertiary/aromatic N) is 1. The Morgan fingerprint density at radius 1 is 1.03 bits per heavy atom. The Morgan fingerprint density at radius 2 is 1.79 bits per heavy atom. The molecule has 0 aliphatic heterocycles. The highest BCUT2D eigenvalue weighted by Gasteiger charge is 2.19. The first kappa shape index (κ1) is 28.8. The molecular weight excluding hydrogens is 420 g/mol. The van der Waals surface area contributed by atoms with Gasteiger partial charge >= 0.3 is 0 Å². The molecule has 33 heavy (non-hydrogen) atoms. The normalized spacial score (nSPS) is 12.7. The lowest BCUT2D eigenvalue weighted by Gasteiger charge is -2.12. The van der Waals surface area contributed by atoms with Crippen molar-refractivity contribution in [3.63, 3.8) is 0 Å². The fourth-order valence-corrected chi connectivity index (χ4v) is 3.84. The Morgan fingerprint density at radius 3 is 2.52 bits per heavy atom. The minimum atomic E-state index is -0.145. The Kier molecular flexibility index (Phi) is 15.9. The smallest absolute Gasteiger partial charge is 0.220 e. The van der Waals surface area contributed by atoms with E-state index >= 15 is 0 Å². The van der Waals surface area contributed by atoms with Crippen LogP contribution in [0.25, 0.3) is 0 Å². The third-order valence-electron chi connectivity index (χ3n) is 5.72. The molecule has 0 fully saturated rings. The summed E-state index contributed by atoms with van der Waals surface area (Å²) in [5, 5.41) is 41.1. The molecule has 0 spiro atoms. The van der Waals surface area contributed by atoms with Gasteiger partial charge in [0, 0.05) is 30.5 Å². The van der Waals surface area contributed by atoms with E-state index in [1.165, 1.54) is 4.57 Å². The number of hydrogen-bond acceptors (Lipinski definition) is 5. The summed E-state index contributed by atoms with van der Waals surface area (Å²) in [7, 11) is 0. The quantitative estimate of drug-likeness (QED) is 0.153. The van der Waals surface area contributed by atoms with E-state index in [9.17, 15) is 15.0 Å². The number of aromatic nitrogens is 1. The molecule has 0 radical (unpaired) electrons. The number of aliphatic hydroxyl groups is 2. The van der Waals surface area contributed by atoms with Crippen molar-refractivity contribution in [2.75, 3.05) is 19.8 Å². The molecule has 1 atom stereocenters. The van der Waals surface area contributed by atoms with Gasteiger partial charge in [0.05, 0.1) is 19.8 Å². The SMILES string of the molecule is CCCCCC(C=CC=CCCCCCCCC(=O)NCCO)c1cc(O)n(CCO)c1O. The summed E-state index contributed by atoms with van der Waals surface area (Å²) in [6.07, 6.45) is 19.3. The van der Waals surface area contributed by atoms with Crippen molar-refractivity contribution in [2.24, 2.45) is 0 Å². The van der Waals surface area contributed by atoms with Gasteiger partial charge in [-0.25, -0.2) is 0 Å². The van der Waals surface area contributed by atoms with Crippen LogP contribution in [0.4, 0.5) is 0 Å². The van der Waals surface area contributed by atoms with Gasteiger partial charge in [-0.1, -0.05) is 69.8 Å². The molecule has 1 aromatic heterocycles. The van der Waals surface area contributed by atoms with Gasteiger partial charge in [-0.2, -0.15) is 0 Å². The fraction of sp³-hybridized carbons (Fsp3) is 0.654. The van der Waals surface area contributed by atoms with Gasteiger partial charge in [0.15, 0.2) is 11.8 Å². The maximum absolute atomic E-state index is 11.4. The topological polar surface area (TPSA) is 115 Å². The monoisotopic (exact) mass is 464 g/mol. The third-order valence-corrected chi connectivity index (χ3v) is 5.72. The maximum atomic E-state index is 11.4. The van der Waals surface area contributed by atoms with E-state index in [0.29, 0.717) is 18.5 Å². The number of rotatable bonds is 19. The second kappa shape index (κ2) is 18.2. The van der Waals surface area contributed by atoms with E-state index in [0.717, 1.165) is 64.2 Å². The number of aromatic hydroxyl groups is 2. The number of carbonyl (C=O) groups is 1. The zero-order valence-corrected chi connectivity index (χ0v) is 20.2. The number of aliphatic hydroxyl groups excluding tert-OH is 2. The van der Waals surface area contributed by atoms with E-state index in [1.54, 1.807) is 6.07 Å². The van der Waals surface area contributed by atoms with Gasteiger partial charge in [0.1, 0.15) is 0 Å². The number of unbranched alkanes of at least 4 members (excludes halogenated alkanes) is 7. The largest absolute Gasteiger partial charge is 0.494 e. The van der Waals surface area contributed by atoms with Crippen LogP contribution >= 0.6 is 0 Å². The van der Waals surface area contributed by atoms with Crippen molar-refractivity contribution < 1.29 is 25.2 Å². The lowest BCUT2D eigenvalue weighted by Crippen LogP contribution is -2.25. The summed E-state index contributed by atoms with van der Waals surface area (Å²) in [5.41, 5.74) is 0.701. The average Bonchev–Trinajstić information content (AvgIpc) is 3.08. The highest BCUT2D eigenvalue weighted by molar-refractivity contribution is 5.75. The molecule has 188 valence electrons. The molecule has 5 N–H and O–H groups in total. The number of hydrogen-bond donors (Lipinski definition) is 5. The minimum absolute atomic E-state index is 0.0141. The van der Waals surface area contributed by atoms with Crippen LogP contribution in [0.5, 0.6) is 11.8 Å². The van der Waals surface area contributed by atoms with E-state index in [4.69, 9.17) is 10.2 Å². The van der Waals surface area contributed by atoms with E-state index in [-0.39, 0.29) is 43.3 Å². The van der Waals surface area contributed by atoms with Crippen LogP contribution in [-0.4, -0.2) is 50.7 Å². The first-order valence-electron chi connectivity index (χ1n) is 12.5. The molecule has 0 aliphatic rings. The van der Waals surface area contributed by atoms with Gasteiger partial charge in [-0.3, -0.25) is 9.36 Å². The highest BCUT2D eigenvalue weighted by Crippen LogP contribution is 2.36. The van der Waals surface area contributed by atoms with Crippen molar-refractivity contribution >= 4 is 5.91 Å². The van der Waals surface area contributed by atoms with Gasteiger partial charge in [-0.15, -0.1) is 0 Å². The Balaban J connectivity index is 2.40. The third kappa shape index (κ3) is 12.0. The number of nitrogens with one attached hydrogen (secondary N) is 1. The van der Waals surface area contributed by atoms with Crippen LogP contribution in [0.2, 0.25) is 0 Å². The summed E-state index contributed by atoms with van der Waals surface area (Å²) in [6, 6.07) is 1.60. The van der Waals surface area contributed by atoms with Gasteiger partial charge in [0.2, 0.25) is 5.91 Å². The molecule has 0 saturated heterocycles. The van der Waals surface area contributed by atoms with Crippen molar-refractivity contribution in [1.82, 2.24) is 9.88 Å².